The number of hydroxylamine groups is 2. The van der Waals surface area contributed by atoms with Crippen molar-refractivity contribution < 1.29 is 27.6 Å². The number of anilines is 1. The first kappa shape index (κ1) is 25.5. The summed E-state index contributed by atoms with van der Waals surface area (Å²) in [4.78, 5) is 36.0. The van der Waals surface area contributed by atoms with Crippen molar-refractivity contribution in [1.82, 2.24) is 15.4 Å². The molecule has 35 heavy (non-hydrogen) atoms. The van der Waals surface area contributed by atoms with Gasteiger partial charge in [-0.2, -0.15) is 13.2 Å². The van der Waals surface area contributed by atoms with Gasteiger partial charge in [-0.3, -0.25) is 14.4 Å². The molecule has 0 bridgehead atoms. The molecule has 2 atom stereocenters. The molecule has 0 radical (unpaired) electrons. The summed E-state index contributed by atoms with van der Waals surface area (Å²) in [6, 6.07) is 6.17. The summed E-state index contributed by atoms with van der Waals surface area (Å²) in [5.74, 6) is -0.540. The van der Waals surface area contributed by atoms with Crippen molar-refractivity contribution in [2.75, 3.05) is 31.1 Å². The minimum absolute atomic E-state index is 0.00212. The number of halogens is 5. The van der Waals surface area contributed by atoms with Crippen LogP contribution in [0.25, 0.3) is 0 Å². The molecule has 2 amide bonds. The van der Waals surface area contributed by atoms with Crippen molar-refractivity contribution in [3.63, 3.8) is 0 Å². The van der Waals surface area contributed by atoms with Gasteiger partial charge in [0.25, 0.3) is 11.8 Å². The lowest BCUT2D eigenvalue weighted by Gasteiger charge is -2.33. The van der Waals surface area contributed by atoms with E-state index in [1.165, 1.54) is 40.3 Å². The highest BCUT2D eigenvalue weighted by atomic mass is 35.5. The molecule has 0 saturated carbocycles. The van der Waals surface area contributed by atoms with Gasteiger partial charge in [0.2, 0.25) is 0 Å². The average molecular weight is 531 g/mol. The Bertz CT molecular complexity index is 1140. The van der Waals surface area contributed by atoms with Crippen LogP contribution in [0.15, 0.2) is 30.3 Å². The number of alkyl halides is 3. The maximum atomic E-state index is 14.4. The lowest BCUT2D eigenvalue weighted by molar-refractivity contribution is -0.184. The molecular weight excluding hydrogens is 508 g/mol. The zero-order chi connectivity index (χ0) is 25.5. The number of aromatic nitrogens is 1. The highest BCUT2D eigenvalue weighted by Gasteiger charge is 2.59. The van der Waals surface area contributed by atoms with Crippen molar-refractivity contribution in [2.24, 2.45) is 0 Å². The number of hydrogen-bond donors (Lipinski definition) is 1. The summed E-state index contributed by atoms with van der Waals surface area (Å²) in [5, 5.41) is 4.06. The van der Waals surface area contributed by atoms with Crippen LogP contribution in [0.4, 0.5) is 19.0 Å². The molecule has 12 heteroatoms. The van der Waals surface area contributed by atoms with E-state index in [0.717, 1.165) is 0 Å². The molecule has 1 aromatic carbocycles. The molecule has 1 N–H and O–H groups in total. The molecule has 2 fully saturated rings. The normalized spacial score (nSPS) is 22.7. The maximum Gasteiger partial charge on any atom is 0.400 e. The van der Waals surface area contributed by atoms with E-state index in [0.29, 0.717) is 18.1 Å². The van der Waals surface area contributed by atoms with Gasteiger partial charge >= 0.3 is 6.18 Å². The topological polar surface area (TPSA) is 74.8 Å². The molecule has 0 aliphatic carbocycles. The van der Waals surface area contributed by atoms with Gasteiger partial charge in [-0.25, -0.2) is 10.0 Å². The molecule has 4 rings (SSSR count). The third-order valence-corrected chi connectivity index (χ3v) is 6.84. The zero-order valence-electron chi connectivity index (χ0n) is 19.0. The average Bonchev–Trinajstić information content (AvgIpc) is 3.38. The fourth-order valence-corrected chi connectivity index (χ4v) is 5.02. The van der Waals surface area contributed by atoms with Crippen LogP contribution in [-0.4, -0.2) is 60.3 Å². The van der Waals surface area contributed by atoms with E-state index in [4.69, 9.17) is 28.0 Å². The molecular formula is C23H23Cl2F3N4O3. The minimum Gasteiger partial charge on any atom is -0.355 e. The van der Waals surface area contributed by atoms with Gasteiger partial charge in [-0.1, -0.05) is 23.2 Å². The summed E-state index contributed by atoms with van der Waals surface area (Å²) < 4.78 is 43.1. The number of carbonyl (C=O) groups is 2. The van der Waals surface area contributed by atoms with E-state index < -0.39 is 23.5 Å². The first-order chi connectivity index (χ1) is 16.4. The monoisotopic (exact) mass is 530 g/mol. The Hall–Kier alpha value is -2.56. The van der Waals surface area contributed by atoms with Crippen molar-refractivity contribution >= 4 is 40.8 Å². The molecule has 2 aliphatic rings. The maximum absolute atomic E-state index is 14.4. The van der Waals surface area contributed by atoms with Gasteiger partial charge in [-0.15, -0.1) is 0 Å². The molecule has 3 heterocycles. The first-order valence-corrected chi connectivity index (χ1v) is 11.7. The number of likely N-dealkylation sites (N-methyl/N-ethyl adjacent to an activating group) is 1. The fraction of sp³-hybridized carbons (Fsp3) is 0.435. The van der Waals surface area contributed by atoms with Crippen molar-refractivity contribution in [3.8, 4) is 0 Å². The van der Waals surface area contributed by atoms with Gasteiger partial charge in [0.1, 0.15) is 23.9 Å². The van der Waals surface area contributed by atoms with Crippen molar-refractivity contribution in [1.29, 1.82) is 0 Å². The van der Waals surface area contributed by atoms with E-state index >= 15 is 0 Å². The number of nitrogens with zero attached hydrogens (tertiary/aromatic N) is 3. The van der Waals surface area contributed by atoms with Crippen LogP contribution in [-0.2, 0) is 15.0 Å². The fourth-order valence-electron chi connectivity index (χ4n) is 4.49. The zero-order valence-corrected chi connectivity index (χ0v) is 20.5. The Morgan fingerprint density at radius 1 is 1.26 bits per heavy atom. The lowest BCUT2D eigenvalue weighted by atomic mass is 9.79. The quantitative estimate of drug-likeness (QED) is 0.623. The van der Waals surface area contributed by atoms with Gasteiger partial charge in [0, 0.05) is 29.7 Å². The molecule has 1 aromatic heterocycles. The van der Waals surface area contributed by atoms with Gasteiger partial charge in [-0.05, 0) is 56.2 Å². The smallest absolute Gasteiger partial charge is 0.355 e. The number of hydrogen-bond acceptors (Lipinski definition) is 5. The second kappa shape index (κ2) is 9.48. The Labute approximate surface area is 210 Å². The number of rotatable bonds is 5. The largest absolute Gasteiger partial charge is 0.400 e. The standard InChI is InChI=1S/C23H23Cl2F3N4O3/c1-3-32-21(34)18(11-35-32)30-20(33)17-4-5-19(29-13(17)2)31-7-6-22(12-31,23(26,27)28)14-8-15(24)10-16(25)9-14/h4-5,8-10,18H,3,6-7,11-12H2,1-2H3,(H,30,33). The third kappa shape index (κ3) is 4.79. The van der Waals surface area contributed by atoms with Gasteiger partial charge in [0.15, 0.2) is 0 Å². The molecule has 7 nitrogen and oxygen atoms in total. The van der Waals surface area contributed by atoms with E-state index in [-0.39, 0.29) is 53.2 Å². The van der Waals surface area contributed by atoms with Crippen LogP contribution >= 0.6 is 23.2 Å². The van der Waals surface area contributed by atoms with Crippen LogP contribution in [0.5, 0.6) is 0 Å². The summed E-state index contributed by atoms with van der Waals surface area (Å²) in [7, 11) is 0. The predicted octanol–water partition coefficient (Wildman–Crippen LogP) is 4.30. The Balaban J connectivity index is 1.55. The van der Waals surface area contributed by atoms with E-state index in [2.05, 4.69) is 10.3 Å². The highest BCUT2D eigenvalue weighted by Crippen LogP contribution is 2.49. The number of pyridine rings is 1. The second-order valence-corrected chi connectivity index (χ2v) is 9.44. The van der Waals surface area contributed by atoms with Gasteiger partial charge < -0.3 is 10.2 Å². The van der Waals surface area contributed by atoms with Crippen molar-refractivity contribution in [3.05, 3.63) is 57.2 Å². The van der Waals surface area contributed by atoms with Crippen LogP contribution in [0, 0.1) is 6.92 Å². The van der Waals surface area contributed by atoms with Crippen LogP contribution in [0.2, 0.25) is 10.0 Å². The van der Waals surface area contributed by atoms with Crippen LogP contribution in [0.3, 0.4) is 0 Å². The van der Waals surface area contributed by atoms with Crippen LogP contribution in [0.1, 0.15) is 35.0 Å². The number of benzene rings is 1. The summed E-state index contributed by atoms with van der Waals surface area (Å²) in [6.45, 7) is 3.46. The summed E-state index contributed by atoms with van der Waals surface area (Å²) in [6.07, 6.45) is -4.75. The summed E-state index contributed by atoms with van der Waals surface area (Å²) in [5.41, 5.74) is -1.61. The van der Waals surface area contributed by atoms with Crippen LogP contribution < -0.4 is 10.2 Å². The van der Waals surface area contributed by atoms with E-state index in [1.807, 2.05) is 0 Å². The predicted molar refractivity (Wildman–Crippen MR) is 125 cm³/mol. The molecule has 2 saturated heterocycles. The molecule has 2 unspecified atom stereocenters. The van der Waals surface area contributed by atoms with E-state index in [1.54, 1.807) is 13.8 Å². The molecule has 0 spiro atoms. The second-order valence-electron chi connectivity index (χ2n) is 8.57. The Morgan fingerprint density at radius 3 is 2.51 bits per heavy atom. The van der Waals surface area contributed by atoms with E-state index in [9.17, 15) is 22.8 Å². The number of aryl methyl sites for hydroxylation is 1. The van der Waals surface area contributed by atoms with Crippen molar-refractivity contribution in [2.45, 2.75) is 37.9 Å². The Kier molecular flexibility index (Phi) is 6.91. The highest BCUT2D eigenvalue weighted by molar-refractivity contribution is 6.34. The lowest BCUT2D eigenvalue weighted by Crippen LogP contribution is -2.45. The first-order valence-electron chi connectivity index (χ1n) is 11.0. The SMILES string of the molecule is CCN1OCC(NC(=O)c2ccc(N3CCC(c4cc(Cl)cc(Cl)c4)(C(F)(F)F)C3)nc2C)C1=O. The molecule has 2 aromatic rings. The Morgan fingerprint density at radius 2 is 1.94 bits per heavy atom. The number of carbonyl (C=O) groups excluding carboxylic acids is 2. The number of nitrogens with one attached hydrogen (secondary N) is 1. The number of amides is 2. The van der Waals surface area contributed by atoms with Gasteiger partial charge in [0.05, 0.1) is 11.3 Å². The molecule has 188 valence electrons. The summed E-state index contributed by atoms with van der Waals surface area (Å²) >= 11 is 12.0. The minimum atomic E-state index is -4.55. The third-order valence-electron chi connectivity index (χ3n) is 6.40. The molecule has 2 aliphatic heterocycles.